The smallest absolute Gasteiger partial charge is 0.329 e. The van der Waals surface area contributed by atoms with Crippen molar-refractivity contribution in [1.29, 1.82) is 0 Å². The number of hydrogen-bond acceptors (Lipinski definition) is 4. The molecule has 6 nitrogen and oxygen atoms in total. The average Bonchev–Trinajstić information content (AvgIpc) is 3.10. The Morgan fingerprint density at radius 1 is 0.875 bits per heavy atom. The van der Waals surface area contributed by atoms with E-state index in [-0.39, 0.29) is 24.5 Å². The van der Waals surface area contributed by atoms with Gasteiger partial charge in [0, 0.05) is 24.6 Å². The Kier molecular flexibility index (Phi) is 7.20. The molecule has 0 radical (unpaired) electrons. The maximum Gasteiger partial charge on any atom is 0.329 e. The van der Waals surface area contributed by atoms with Gasteiger partial charge in [-0.1, -0.05) is 68.1 Å². The Morgan fingerprint density at radius 3 is 2.25 bits per heavy atom. The van der Waals surface area contributed by atoms with Crippen LogP contribution in [0.4, 0.5) is 0 Å². The van der Waals surface area contributed by atoms with Crippen LogP contribution in [-0.2, 0) is 27.3 Å². The molecule has 6 heteroatoms. The fourth-order valence-electron chi connectivity index (χ4n) is 4.62. The maximum atomic E-state index is 13.2. The summed E-state index contributed by atoms with van der Waals surface area (Å²) >= 11 is 0. The van der Waals surface area contributed by atoms with Gasteiger partial charge in [-0.15, -0.1) is 0 Å². The molecular formula is C26H30N2O4. The Balaban J connectivity index is 1.43. The van der Waals surface area contributed by atoms with Gasteiger partial charge in [-0.05, 0) is 36.1 Å². The fraction of sp³-hybridized carbons (Fsp3) is 0.423. The molecule has 2 amide bonds. The van der Waals surface area contributed by atoms with Gasteiger partial charge in [0.05, 0.1) is 0 Å². The first-order valence-corrected chi connectivity index (χ1v) is 11.5. The van der Waals surface area contributed by atoms with Crippen molar-refractivity contribution in [2.75, 3.05) is 6.61 Å². The predicted molar refractivity (Wildman–Crippen MR) is 121 cm³/mol. The molecule has 0 aromatic heterocycles. The highest BCUT2D eigenvalue weighted by molar-refractivity contribution is 5.97. The first-order chi connectivity index (χ1) is 15.6. The van der Waals surface area contributed by atoms with Crippen LogP contribution in [0.25, 0.3) is 0 Å². The monoisotopic (exact) mass is 434 g/mol. The lowest BCUT2D eigenvalue weighted by Gasteiger charge is -2.35. The third-order valence-electron chi connectivity index (χ3n) is 6.37. The predicted octanol–water partition coefficient (Wildman–Crippen LogP) is 3.64. The summed E-state index contributed by atoms with van der Waals surface area (Å²) in [7, 11) is 0. The molecule has 1 atom stereocenters. The molecular weight excluding hydrogens is 404 g/mol. The van der Waals surface area contributed by atoms with Crippen molar-refractivity contribution in [2.45, 2.75) is 63.6 Å². The van der Waals surface area contributed by atoms with E-state index in [0.717, 1.165) is 36.8 Å². The van der Waals surface area contributed by atoms with E-state index in [1.165, 1.54) is 12.8 Å². The number of carbonyl (C=O) groups is 3. The third-order valence-corrected chi connectivity index (χ3v) is 6.37. The van der Waals surface area contributed by atoms with Crippen molar-refractivity contribution in [3.63, 3.8) is 0 Å². The first-order valence-electron chi connectivity index (χ1n) is 11.5. The summed E-state index contributed by atoms with van der Waals surface area (Å²) in [6, 6.07) is 16.1. The summed E-state index contributed by atoms with van der Waals surface area (Å²) in [5, 5.41) is 3.00. The Morgan fingerprint density at radius 2 is 1.53 bits per heavy atom. The topological polar surface area (TPSA) is 75.7 Å². The molecule has 0 unspecified atom stereocenters. The number of carbonyl (C=O) groups excluding carboxylic acids is 3. The summed E-state index contributed by atoms with van der Waals surface area (Å²) in [4.78, 5) is 40.1. The van der Waals surface area contributed by atoms with Crippen molar-refractivity contribution < 1.29 is 19.1 Å². The lowest BCUT2D eigenvalue weighted by atomic mass is 9.93. The van der Waals surface area contributed by atoms with Crippen molar-refractivity contribution in [3.8, 4) is 0 Å². The molecule has 0 spiro atoms. The number of nitrogens with one attached hydrogen (secondary N) is 1. The molecule has 168 valence electrons. The second-order valence-corrected chi connectivity index (χ2v) is 8.65. The molecule has 1 heterocycles. The second-order valence-electron chi connectivity index (χ2n) is 8.65. The van der Waals surface area contributed by atoms with Crippen LogP contribution in [0.1, 0.15) is 60.0 Å². The largest absolute Gasteiger partial charge is 0.454 e. The van der Waals surface area contributed by atoms with Crippen molar-refractivity contribution in [2.24, 2.45) is 0 Å². The van der Waals surface area contributed by atoms with Gasteiger partial charge in [-0.25, -0.2) is 4.79 Å². The zero-order valence-electron chi connectivity index (χ0n) is 18.3. The van der Waals surface area contributed by atoms with Crippen LogP contribution >= 0.6 is 0 Å². The number of hydrogen-bond donors (Lipinski definition) is 1. The number of esters is 1. The van der Waals surface area contributed by atoms with Crippen LogP contribution < -0.4 is 5.32 Å². The molecule has 2 aromatic rings. The SMILES string of the molecule is O=C(COC(=O)[C@H]1Cc2ccccc2CN1C(=O)c1ccccc1)NC1CCCCCC1. The molecule has 2 aliphatic rings. The molecule has 4 rings (SSSR count). The van der Waals surface area contributed by atoms with Crippen LogP contribution in [0.3, 0.4) is 0 Å². The van der Waals surface area contributed by atoms with Crippen molar-refractivity contribution in [1.82, 2.24) is 10.2 Å². The lowest BCUT2D eigenvalue weighted by molar-refractivity contribution is -0.153. The summed E-state index contributed by atoms with van der Waals surface area (Å²) in [5.41, 5.74) is 2.57. The number of benzene rings is 2. The van der Waals surface area contributed by atoms with Gasteiger partial charge in [-0.3, -0.25) is 9.59 Å². The highest BCUT2D eigenvalue weighted by atomic mass is 16.5. The van der Waals surface area contributed by atoms with E-state index in [0.29, 0.717) is 18.5 Å². The molecule has 0 saturated heterocycles. The highest BCUT2D eigenvalue weighted by Gasteiger charge is 2.36. The van der Waals surface area contributed by atoms with Gasteiger partial charge >= 0.3 is 5.97 Å². The molecule has 1 aliphatic heterocycles. The third kappa shape index (κ3) is 5.36. The molecule has 1 aliphatic carbocycles. The first kappa shape index (κ1) is 22.1. The number of amides is 2. The normalized spacial score (nSPS) is 18.9. The zero-order valence-corrected chi connectivity index (χ0v) is 18.3. The van der Waals surface area contributed by atoms with Crippen LogP contribution in [0.2, 0.25) is 0 Å². The molecule has 0 bridgehead atoms. The van der Waals surface area contributed by atoms with E-state index in [1.54, 1.807) is 29.2 Å². The van der Waals surface area contributed by atoms with Crippen molar-refractivity contribution in [3.05, 3.63) is 71.3 Å². The summed E-state index contributed by atoms with van der Waals surface area (Å²) in [5.74, 6) is -1.04. The molecule has 1 fully saturated rings. The van der Waals surface area contributed by atoms with Crippen LogP contribution in [0.15, 0.2) is 54.6 Å². The van der Waals surface area contributed by atoms with Gasteiger partial charge < -0.3 is 15.0 Å². The van der Waals surface area contributed by atoms with Gasteiger partial charge in [0.2, 0.25) is 0 Å². The Hall–Kier alpha value is -3.15. The van der Waals surface area contributed by atoms with E-state index in [4.69, 9.17) is 4.74 Å². The minimum absolute atomic E-state index is 0.154. The van der Waals surface area contributed by atoms with E-state index >= 15 is 0 Å². The van der Waals surface area contributed by atoms with Crippen molar-refractivity contribution >= 4 is 17.8 Å². The number of rotatable bonds is 5. The Bertz CT molecular complexity index is 951. The molecule has 1 saturated carbocycles. The summed E-state index contributed by atoms with van der Waals surface area (Å²) < 4.78 is 5.40. The number of nitrogens with zero attached hydrogens (tertiary/aromatic N) is 1. The van der Waals surface area contributed by atoms with Gasteiger partial charge in [0.1, 0.15) is 6.04 Å². The second kappa shape index (κ2) is 10.4. The number of ether oxygens (including phenoxy) is 1. The molecule has 32 heavy (non-hydrogen) atoms. The highest BCUT2D eigenvalue weighted by Crippen LogP contribution is 2.26. The maximum absolute atomic E-state index is 13.2. The average molecular weight is 435 g/mol. The zero-order chi connectivity index (χ0) is 22.3. The summed E-state index contributed by atoms with van der Waals surface area (Å²) in [6.45, 7) is 0.0127. The molecule has 1 N–H and O–H groups in total. The van der Waals surface area contributed by atoms with E-state index in [9.17, 15) is 14.4 Å². The van der Waals surface area contributed by atoms with Gasteiger partial charge in [-0.2, -0.15) is 0 Å². The van der Waals surface area contributed by atoms with Gasteiger partial charge in [0.15, 0.2) is 6.61 Å². The standard InChI is InChI=1S/C26H30N2O4/c29-24(27-22-14-6-1-2-7-15-22)18-32-26(31)23-16-20-12-8-9-13-21(20)17-28(23)25(30)19-10-4-3-5-11-19/h3-5,8-13,22-23H,1-2,6-7,14-18H2,(H,27,29)/t23-/m1/s1. The summed E-state index contributed by atoms with van der Waals surface area (Å²) in [6.07, 6.45) is 6.95. The van der Waals surface area contributed by atoms with E-state index < -0.39 is 12.0 Å². The van der Waals surface area contributed by atoms with Crippen LogP contribution in [0.5, 0.6) is 0 Å². The Labute approximate surface area is 188 Å². The lowest BCUT2D eigenvalue weighted by Crippen LogP contribution is -2.50. The molecule has 2 aromatic carbocycles. The van der Waals surface area contributed by atoms with E-state index in [1.807, 2.05) is 30.3 Å². The quantitative estimate of drug-likeness (QED) is 0.576. The minimum Gasteiger partial charge on any atom is -0.454 e. The van der Waals surface area contributed by atoms with Crippen LogP contribution in [-0.4, -0.2) is 41.4 Å². The fourth-order valence-corrected chi connectivity index (χ4v) is 4.62. The van der Waals surface area contributed by atoms with E-state index in [2.05, 4.69) is 5.32 Å². The van der Waals surface area contributed by atoms with Crippen LogP contribution in [0, 0.1) is 0 Å². The minimum atomic E-state index is -0.761. The van der Waals surface area contributed by atoms with Gasteiger partial charge in [0.25, 0.3) is 11.8 Å². The number of fused-ring (bicyclic) bond motifs is 1.